The van der Waals surface area contributed by atoms with Gasteiger partial charge in [0.25, 0.3) is 0 Å². The lowest BCUT2D eigenvalue weighted by molar-refractivity contribution is -0.135. The van der Waals surface area contributed by atoms with Crippen molar-refractivity contribution in [2.24, 2.45) is 0 Å². The fourth-order valence-corrected chi connectivity index (χ4v) is 2.95. The van der Waals surface area contributed by atoms with E-state index in [-0.39, 0.29) is 5.97 Å². The van der Waals surface area contributed by atoms with Crippen LogP contribution in [0.2, 0.25) is 0 Å². The number of hydrogen-bond acceptors (Lipinski definition) is 4. The predicted molar refractivity (Wildman–Crippen MR) is 119 cm³/mol. The molecule has 4 heteroatoms. The van der Waals surface area contributed by atoms with Gasteiger partial charge in [-0.25, -0.2) is 0 Å². The molecule has 154 valence electrons. The van der Waals surface area contributed by atoms with Gasteiger partial charge in [-0.2, -0.15) is 0 Å². The van der Waals surface area contributed by atoms with Crippen molar-refractivity contribution in [3.63, 3.8) is 0 Å². The van der Waals surface area contributed by atoms with Crippen molar-refractivity contribution in [2.45, 2.75) is 19.8 Å². The maximum Gasteiger partial charge on any atom is 0.318 e. The Hall–Kier alpha value is -3.53. The first-order chi connectivity index (χ1) is 14.6. The highest BCUT2D eigenvalue weighted by atomic mass is 16.5. The molecule has 3 aromatic carbocycles. The van der Waals surface area contributed by atoms with E-state index in [1.165, 1.54) is 0 Å². The molecule has 0 amide bonds. The Labute approximate surface area is 177 Å². The molecule has 0 spiro atoms. The van der Waals surface area contributed by atoms with Gasteiger partial charge < -0.3 is 14.2 Å². The molecule has 0 aliphatic carbocycles. The second-order valence-corrected chi connectivity index (χ2v) is 6.85. The maximum absolute atomic E-state index is 12.5. The molecule has 0 aliphatic heterocycles. The minimum atomic E-state index is -0.394. The van der Waals surface area contributed by atoms with Crippen molar-refractivity contribution in [1.29, 1.82) is 0 Å². The van der Waals surface area contributed by atoms with Gasteiger partial charge in [0.05, 0.1) is 13.0 Å². The van der Waals surface area contributed by atoms with E-state index in [9.17, 15) is 4.79 Å². The molecule has 0 N–H and O–H groups in total. The summed E-state index contributed by atoms with van der Waals surface area (Å²) in [6, 6.07) is 22.9. The van der Waals surface area contributed by atoms with Crippen LogP contribution in [0, 0.1) is 0 Å². The number of allylic oxidation sites excluding steroid dienone is 1. The summed E-state index contributed by atoms with van der Waals surface area (Å²) < 4.78 is 16.4. The number of methoxy groups -OCH3 is 1. The fourth-order valence-electron chi connectivity index (χ4n) is 2.95. The van der Waals surface area contributed by atoms with Gasteiger partial charge in [0, 0.05) is 0 Å². The zero-order chi connectivity index (χ0) is 21.3. The molecule has 4 nitrogen and oxygen atoms in total. The van der Waals surface area contributed by atoms with E-state index in [0.717, 1.165) is 28.2 Å². The number of rotatable bonds is 8. The van der Waals surface area contributed by atoms with Crippen LogP contribution in [-0.4, -0.2) is 19.7 Å². The number of hydrogen-bond donors (Lipinski definition) is 0. The van der Waals surface area contributed by atoms with Crippen molar-refractivity contribution in [2.75, 3.05) is 13.7 Å². The van der Waals surface area contributed by atoms with Crippen LogP contribution in [0.5, 0.6) is 17.2 Å². The molecule has 0 radical (unpaired) electrons. The summed E-state index contributed by atoms with van der Waals surface area (Å²) >= 11 is 0. The Morgan fingerprint density at radius 3 is 2.13 bits per heavy atom. The summed E-state index contributed by atoms with van der Waals surface area (Å²) in [5.74, 6) is 1.36. The first-order valence-corrected chi connectivity index (χ1v) is 9.91. The molecule has 0 heterocycles. The Balaban J connectivity index is 1.63. The van der Waals surface area contributed by atoms with Crippen molar-refractivity contribution in [3.8, 4) is 28.4 Å². The van der Waals surface area contributed by atoms with Crippen molar-refractivity contribution >= 4 is 5.97 Å². The molecule has 0 unspecified atom stereocenters. The highest BCUT2D eigenvalue weighted by Gasteiger charge is 2.18. The van der Waals surface area contributed by atoms with Gasteiger partial charge in [-0.3, -0.25) is 4.79 Å². The SMILES string of the molecule is C/C=C/COc1ccc(-c2ccc(OC(=O)[C@H](C)c3cccc(OC)c3)cc2)cc1. The van der Waals surface area contributed by atoms with Crippen LogP contribution in [0.4, 0.5) is 0 Å². The van der Waals surface area contributed by atoms with Crippen LogP contribution in [0.3, 0.4) is 0 Å². The lowest BCUT2D eigenvalue weighted by atomic mass is 10.0. The van der Waals surface area contributed by atoms with Gasteiger partial charge in [0.15, 0.2) is 0 Å². The second-order valence-electron chi connectivity index (χ2n) is 6.85. The summed E-state index contributed by atoms with van der Waals surface area (Å²) in [6.07, 6.45) is 3.92. The Bertz CT molecular complexity index is 988. The fraction of sp³-hybridized carbons (Fsp3) is 0.192. The van der Waals surface area contributed by atoms with Gasteiger partial charge in [-0.05, 0) is 66.9 Å². The zero-order valence-corrected chi connectivity index (χ0v) is 17.5. The van der Waals surface area contributed by atoms with E-state index < -0.39 is 5.92 Å². The summed E-state index contributed by atoms with van der Waals surface area (Å²) in [5, 5.41) is 0. The van der Waals surface area contributed by atoms with Crippen molar-refractivity contribution in [1.82, 2.24) is 0 Å². The third-order valence-electron chi connectivity index (χ3n) is 4.79. The van der Waals surface area contributed by atoms with Crippen LogP contribution in [-0.2, 0) is 4.79 Å². The molecule has 30 heavy (non-hydrogen) atoms. The largest absolute Gasteiger partial charge is 0.497 e. The summed E-state index contributed by atoms with van der Waals surface area (Å²) in [4.78, 5) is 12.5. The highest BCUT2D eigenvalue weighted by molar-refractivity contribution is 5.80. The van der Waals surface area contributed by atoms with E-state index in [4.69, 9.17) is 14.2 Å². The second kappa shape index (κ2) is 10.3. The molecule has 3 rings (SSSR count). The Morgan fingerprint density at radius 2 is 1.53 bits per heavy atom. The van der Waals surface area contributed by atoms with Crippen LogP contribution in [0.25, 0.3) is 11.1 Å². The average Bonchev–Trinajstić information content (AvgIpc) is 2.80. The van der Waals surface area contributed by atoms with Crippen molar-refractivity contribution < 1.29 is 19.0 Å². The molecular formula is C26H26O4. The Kier molecular flexibility index (Phi) is 7.28. The van der Waals surface area contributed by atoms with E-state index in [1.54, 1.807) is 7.11 Å². The van der Waals surface area contributed by atoms with E-state index in [1.807, 2.05) is 98.8 Å². The number of carbonyl (C=O) groups excluding carboxylic acids is 1. The standard InChI is InChI=1S/C26H26O4/c1-4-5-17-29-23-13-9-20(10-14-23)21-11-15-24(16-12-21)30-26(27)19(2)22-7-6-8-25(18-22)28-3/h4-16,18-19H,17H2,1-3H3/b5-4+/t19-/m1/s1. The van der Waals surface area contributed by atoms with Gasteiger partial charge in [0.2, 0.25) is 0 Å². The van der Waals surface area contributed by atoms with E-state index >= 15 is 0 Å². The monoisotopic (exact) mass is 402 g/mol. The van der Waals surface area contributed by atoms with Crippen LogP contribution in [0.1, 0.15) is 25.3 Å². The summed E-state index contributed by atoms with van der Waals surface area (Å²) in [6.45, 7) is 4.35. The normalized spacial score (nSPS) is 11.8. The third-order valence-corrected chi connectivity index (χ3v) is 4.79. The molecule has 0 fully saturated rings. The van der Waals surface area contributed by atoms with Crippen LogP contribution >= 0.6 is 0 Å². The first-order valence-electron chi connectivity index (χ1n) is 9.91. The predicted octanol–water partition coefficient (Wildman–Crippen LogP) is 6.03. The molecular weight excluding hydrogens is 376 g/mol. The topological polar surface area (TPSA) is 44.8 Å². The lowest BCUT2D eigenvalue weighted by Crippen LogP contribution is -2.16. The number of ether oxygens (including phenoxy) is 3. The lowest BCUT2D eigenvalue weighted by Gasteiger charge is -2.13. The number of benzene rings is 3. The van der Waals surface area contributed by atoms with E-state index in [0.29, 0.717) is 12.4 Å². The minimum Gasteiger partial charge on any atom is -0.497 e. The van der Waals surface area contributed by atoms with Crippen molar-refractivity contribution in [3.05, 3.63) is 90.5 Å². The summed E-state index contributed by atoms with van der Waals surface area (Å²) in [5.41, 5.74) is 2.96. The van der Waals surface area contributed by atoms with Crippen LogP contribution in [0.15, 0.2) is 84.9 Å². The smallest absolute Gasteiger partial charge is 0.318 e. The third kappa shape index (κ3) is 5.51. The average molecular weight is 402 g/mol. The molecule has 3 aromatic rings. The molecule has 0 saturated heterocycles. The first kappa shape index (κ1) is 21.2. The highest BCUT2D eigenvalue weighted by Crippen LogP contribution is 2.26. The molecule has 0 aromatic heterocycles. The quantitative estimate of drug-likeness (QED) is 0.262. The molecule has 1 atom stereocenters. The number of carbonyl (C=O) groups is 1. The molecule has 0 saturated carbocycles. The molecule has 0 aliphatic rings. The van der Waals surface area contributed by atoms with E-state index in [2.05, 4.69) is 0 Å². The van der Waals surface area contributed by atoms with Gasteiger partial charge in [0.1, 0.15) is 23.9 Å². The molecule has 0 bridgehead atoms. The minimum absolute atomic E-state index is 0.307. The van der Waals surface area contributed by atoms with Gasteiger partial charge >= 0.3 is 5.97 Å². The van der Waals surface area contributed by atoms with Crippen LogP contribution < -0.4 is 14.2 Å². The maximum atomic E-state index is 12.5. The number of esters is 1. The Morgan fingerprint density at radius 1 is 0.900 bits per heavy atom. The zero-order valence-electron chi connectivity index (χ0n) is 17.5. The van der Waals surface area contributed by atoms with Gasteiger partial charge in [-0.1, -0.05) is 48.6 Å². The van der Waals surface area contributed by atoms with Gasteiger partial charge in [-0.15, -0.1) is 0 Å². The summed E-state index contributed by atoms with van der Waals surface area (Å²) in [7, 11) is 1.61.